The summed E-state index contributed by atoms with van der Waals surface area (Å²) in [5.74, 6) is -0.710. The van der Waals surface area contributed by atoms with E-state index in [0.29, 0.717) is 42.6 Å². The van der Waals surface area contributed by atoms with Crippen LogP contribution < -0.4 is 15.0 Å². The lowest BCUT2D eigenvalue weighted by Crippen LogP contribution is -2.31. The van der Waals surface area contributed by atoms with Gasteiger partial charge in [0.05, 0.1) is 22.9 Å². The summed E-state index contributed by atoms with van der Waals surface area (Å²) < 4.78 is 5.80. The molecule has 0 aromatic heterocycles. The van der Waals surface area contributed by atoms with Crippen molar-refractivity contribution in [2.75, 3.05) is 18.1 Å². The zero-order valence-corrected chi connectivity index (χ0v) is 16.6. The van der Waals surface area contributed by atoms with Gasteiger partial charge in [-0.05, 0) is 24.6 Å². The molecule has 1 N–H and O–H groups in total. The normalized spacial score (nSPS) is 12.9. The molecular formula is C20H18Cl2N2O4. The standard InChI is InChI=1S/C20H18Cl2N2O4/c1-12(25)23-11-13-5-2-3-6-17(13)28-8-4-7-24-16-10-14(21)9-15(22)18(16)19(26)20(24)27/h2-3,5-6,9-10H,4,7-8,11H2,1H3,(H,23,25). The first-order valence-electron chi connectivity index (χ1n) is 8.69. The highest BCUT2D eigenvalue weighted by Gasteiger charge is 2.37. The van der Waals surface area contributed by atoms with Crippen LogP contribution in [-0.2, 0) is 16.1 Å². The molecule has 0 fully saturated rings. The number of nitrogens with zero attached hydrogens (tertiary/aromatic N) is 1. The topological polar surface area (TPSA) is 75.7 Å². The molecule has 0 spiro atoms. The largest absolute Gasteiger partial charge is 0.493 e. The van der Waals surface area contributed by atoms with Gasteiger partial charge in [0.25, 0.3) is 11.7 Å². The SMILES string of the molecule is CC(=O)NCc1ccccc1OCCCN1C(=O)C(=O)c2c(Cl)cc(Cl)cc21. The number of benzene rings is 2. The third-order valence-electron chi connectivity index (χ3n) is 4.28. The molecule has 6 nitrogen and oxygen atoms in total. The summed E-state index contributed by atoms with van der Waals surface area (Å²) in [5.41, 5.74) is 1.48. The molecule has 8 heteroatoms. The van der Waals surface area contributed by atoms with Gasteiger partial charge in [-0.3, -0.25) is 14.4 Å². The van der Waals surface area contributed by atoms with Gasteiger partial charge in [-0.25, -0.2) is 0 Å². The maximum absolute atomic E-state index is 12.3. The summed E-state index contributed by atoms with van der Waals surface area (Å²) in [6.07, 6.45) is 0.497. The number of carbonyl (C=O) groups excluding carboxylic acids is 3. The quantitative estimate of drug-likeness (QED) is 0.547. The van der Waals surface area contributed by atoms with Crippen LogP contribution in [0.25, 0.3) is 0 Å². The minimum atomic E-state index is -0.627. The monoisotopic (exact) mass is 420 g/mol. The first kappa shape index (κ1) is 20.2. The molecular weight excluding hydrogens is 403 g/mol. The molecule has 0 aliphatic carbocycles. The molecule has 1 aliphatic heterocycles. The lowest BCUT2D eigenvalue weighted by Gasteiger charge is -2.17. The second-order valence-electron chi connectivity index (χ2n) is 6.29. The average Bonchev–Trinajstić information content (AvgIpc) is 2.88. The van der Waals surface area contributed by atoms with E-state index in [1.807, 2.05) is 24.3 Å². The number of amides is 2. The Balaban J connectivity index is 1.62. The zero-order valence-electron chi connectivity index (χ0n) is 15.1. The van der Waals surface area contributed by atoms with Crippen LogP contribution in [0.4, 0.5) is 5.69 Å². The number of nitrogens with one attached hydrogen (secondary N) is 1. The van der Waals surface area contributed by atoms with Gasteiger partial charge in [-0.15, -0.1) is 0 Å². The van der Waals surface area contributed by atoms with Gasteiger partial charge in [-0.1, -0.05) is 41.4 Å². The minimum Gasteiger partial charge on any atom is -0.493 e. The molecule has 28 heavy (non-hydrogen) atoms. The van der Waals surface area contributed by atoms with E-state index in [1.165, 1.54) is 17.9 Å². The number of halogens is 2. The number of carbonyl (C=O) groups is 3. The van der Waals surface area contributed by atoms with Crippen molar-refractivity contribution in [1.29, 1.82) is 0 Å². The summed E-state index contributed by atoms with van der Waals surface area (Å²) in [7, 11) is 0. The van der Waals surface area contributed by atoms with E-state index in [1.54, 1.807) is 6.07 Å². The van der Waals surface area contributed by atoms with Crippen LogP contribution in [0.2, 0.25) is 10.0 Å². The number of Topliss-reactive ketones (excluding diaryl/α,β-unsaturated/α-hetero) is 1. The zero-order chi connectivity index (χ0) is 20.3. The first-order chi connectivity index (χ1) is 13.4. The van der Waals surface area contributed by atoms with Crippen LogP contribution in [0.15, 0.2) is 36.4 Å². The molecule has 1 heterocycles. The van der Waals surface area contributed by atoms with Crippen LogP contribution >= 0.6 is 23.2 Å². The van der Waals surface area contributed by atoms with Crippen LogP contribution in [0, 0.1) is 0 Å². The molecule has 1 aliphatic rings. The molecule has 0 saturated heterocycles. The van der Waals surface area contributed by atoms with Crippen molar-refractivity contribution in [3.8, 4) is 5.75 Å². The highest BCUT2D eigenvalue weighted by Crippen LogP contribution is 2.37. The third-order valence-corrected chi connectivity index (χ3v) is 4.79. The molecule has 2 aromatic rings. The van der Waals surface area contributed by atoms with E-state index in [9.17, 15) is 14.4 Å². The summed E-state index contributed by atoms with van der Waals surface area (Å²) in [4.78, 5) is 36.9. The number of anilines is 1. The Labute approximate surface area is 172 Å². The second-order valence-corrected chi connectivity index (χ2v) is 7.13. The minimum absolute atomic E-state index is 0.122. The lowest BCUT2D eigenvalue weighted by molar-refractivity contribution is -0.119. The molecule has 2 aromatic carbocycles. The number of rotatable bonds is 7. The lowest BCUT2D eigenvalue weighted by atomic mass is 10.1. The number of hydrogen-bond acceptors (Lipinski definition) is 4. The van der Waals surface area contributed by atoms with E-state index in [4.69, 9.17) is 27.9 Å². The fourth-order valence-corrected chi connectivity index (χ4v) is 3.54. The average molecular weight is 421 g/mol. The van der Waals surface area contributed by atoms with Gasteiger partial charge >= 0.3 is 0 Å². The molecule has 146 valence electrons. The summed E-state index contributed by atoms with van der Waals surface area (Å²) in [6.45, 7) is 2.45. The fourth-order valence-electron chi connectivity index (χ4n) is 2.97. The Morgan fingerprint density at radius 3 is 2.68 bits per heavy atom. The van der Waals surface area contributed by atoms with Crippen molar-refractivity contribution < 1.29 is 19.1 Å². The van der Waals surface area contributed by atoms with Gasteiger partial charge in [0, 0.05) is 30.6 Å². The number of ether oxygens (including phenoxy) is 1. The van der Waals surface area contributed by atoms with Crippen LogP contribution in [0.1, 0.15) is 29.3 Å². The highest BCUT2D eigenvalue weighted by molar-refractivity contribution is 6.55. The van der Waals surface area contributed by atoms with Crippen molar-refractivity contribution in [1.82, 2.24) is 5.32 Å². The molecule has 0 unspecified atom stereocenters. The summed E-state index contributed by atoms with van der Waals surface area (Å²) in [6, 6.07) is 10.4. The molecule has 2 amide bonds. The van der Waals surface area contributed by atoms with Crippen molar-refractivity contribution in [2.24, 2.45) is 0 Å². The Bertz CT molecular complexity index is 946. The third kappa shape index (κ3) is 4.29. The van der Waals surface area contributed by atoms with Crippen molar-refractivity contribution >= 4 is 46.5 Å². The predicted molar refractivity (Wildman–Crippen MR) is 107 cm³/mol. The van der Waals surface area contributed by atoms with Crippen LogP contribution in [0.5, 0.6) is 5.75 Å². The van der Waals surface area contributed by atoms with E-state index in [2.05, 4.69) is 5.32 Å². The number of fused-ring (bicyclic) bond motifs is 1. The molecule has 0 atom stereocenters. The smallest absolute Gasteiger partial charge is 0.299 e. The van der Waals surface area contributed by atoms with Crippen molar-refractivity contribution in [3.63, 3.8) is 0 Å². The highest BCUT2D eigenvalue weighted by atomic mass is 35.5. The maximum Gasteiger partial charge on any atom is 0.299 e. The van der Waals surface area contributed by atoms with E-state index in [0.717, 1.165) is 5.56 Å². The number of ketones is 1. The van der Waals surface area contributed by atoms with Gasteiger partial charge < -0.3 is 15.0 Å². The first-order valence-corrected chi connectivity index (χ1v) is 9.44. The molecule has 3 rings (SSSR count). The Hall–Kier alpha value is -2.57. The van der Waals surface area contributed by atoms with E-state index < -0.39 is 11.7 Å². The Morgan fingerprint density at radius 2 is 1.93 bits per heavy atom. The van der Waals surface area contributed by atoms with Crippen LogP contribution in [0.3, 0.4) is 0 Å². The molecule has 0 bridgehead atoms. The molecule has 0 saturated carbocycles. The van der Waals surface area contributed by atoms with Gasteiger partial charge in [0.15, 0.2) is 0 Å². The van der Waals surface area contributed by atoms with Crippen molar-refractivity contribution in [2.45, 2.75) is 19.9 Å². The van der Waals surface area contributed by atoms with E-state index in [-0.39, 0.29) is 16.5 Å². The maximum atomic E-state index is 12.3. The van der Waals surface area contributed by atoms with Gasteiger partial charge in [0.2, 0.25) is 5.91 Å². The van der Waals surface area contributed by atoms with Crippen LogP contribution in [-0.4, -0.2) is 30.7 Å². The second kappa shape index (κ2) is 8.63. The summed E-state index contributed by atoms with van der Waals surface area (Å²) >= 11 is 12.1. The number of para-hydroxylation sites is 1. The van der Waals surface area contributed by atoms with E-state index >= 15 is 0 Å². The number of hydrogen-bond donors (Lipinski definition) is 1. The Kier molecular flexibility index (Phi) is 6.21. The Morgan fingerprint density at radius 1 is 1.18 bits per heavy atom. The summed E-state index contributed by atoms with van der Waals surface area (Å²) in [5, 5.41) is 3.27. The van der Waals surface area contributed by atoms with Gasteiger partial charge in [-0.2, -0.15) is 0 Å². The fraction of sp³-hybridized carbons (Fsp3) is 0.250. The van der Waals surface area contributed by atoms with Crippen molar-refractivity contribution in [3.05, 3.63) is 57.6 Å². The van der Waals surface area contributed by atoms with Gasteiger partial charge in [0.1, 0.15) is 5.75 Å². The predicted octanol–water partition coefficient (Wildman–Crippen LogP) is 3.63. The molecule has 0 radical (unpaired) electrons.